The highest BCUT2D eigenvalue weighted by Crippen LogP contribution is 2.24. The van der Waals surface area contributed by atoms with E-state index in [-0.39, 0.29) is 0 Å². The van der Waals surface area contributed by atoms with Crippen molar-refractivity contribution in [1.29, 1.82) is 0 Å². The first-order valence-corrected chi connectivity index (χ1v) is 5.18. The molecule has 16 heavy (non-hydrogen) atoms. The van der Waals surface area contributed by atoms with E-state index in [1.807, 2.05) is 54.6 Å². The molecule has 2 aromatic rings. The lowest BCUT2D eigenvalue weighted by Gasteiger charge is -2.12. The minimum atomic E-state index is -0.601. The number of hydrogen-bond donors (Lipinski definition) is 1. The fourth-order valence-corrected chi connectivity index (χ4v) is 1.64. The van der Waals surface area contributed by atoms with Crippen LogP contribution in [0.5, 0.6) is 5.75 Å². The summed E-state index contributed by atoms with van der Waals surface area (Å²) in [6, 6.07) is 17.0. The number of ether oxygens (including phenoxy) is 1. The first-order valence-electron chi connectivity index (χ1n) is 5.18. The van der Waals surface area contributed by atoms with Crippen molar-refractivity contribution in [1.82, 2.24) is 0 Å². The molecule has 2 nitrogen and oxygen atoms in total. The van der Waals surface area contributed by atoms with Crippen molar-refractivity contribution in [2.75, 3.05) is 7.11 Å². The van der Waals surface area contributed by atoms with E-state index in [0.717, 1.165) is 16.9 Å². The lowest BCUT2D eigenvalue weighted by atomic mass is 10.0. The third kappa shape index (κ3) is 2.23. The van der Waals surface area contributed by atoms with Crippen molar-refractivity contribution in [2.24, 2.45) is 0 Å². The van der Waals surface area contributed by atoms with Crippen LogP contribution in [0.15, 0.2) is 54.6 Å². The second-order valence-corrected chi connectivity index (χ2v) is 3.59. The molecule has 0 saturated carbocycles. The molecule has 2 heteroatoms. The Bertz CT molecular complexity index is 451. The zero-order valence-corrected chi connectivity index (χ0v) is 9.13. The van der Waals surface area contributed by atoms with E-state index in [2.05, 4.69) is 0 Å². The summed E-state index contributed by atoms with van der Waals surface area (Å²) < 4.78 is 5.13. The van der Waals surface area contributed by atoms with Gasteiger partial charge in [-0.1, -0.05) is 42.5 Å². The van der Waals surface area contributed by atoms with Crippen molar-refractivity contribution >= 4 is 0 Å². The highest BCUT2D eigenvalue weighted by atomic mass is 16.5. The van der Waals surface area contributed by atoms with E-state index in [4.69, 9.17) is 4.74 Å². The van der Waals surface area contributed by atoms with E-state index in [9.17, 15) is 5.11 Å². The molecule has 0 bridgehead atoms. The van der Waals surface area contributed by atoms with E-state index in [1.165, 1.54) is 0 Å². The largest absolute Gasteiger partial charge is 0.497 e. The normalized spacial score (nSPS) is 12.1. The van der Waals surface area contributed by atoms with Gasteiger partial charge in [0.25, 0.3) is 0 Å². The van der Waals surface area contributed by atoms with Gasteiger partial charge in [0.2, 0.25) is 0 Å². The lowest BCUT2D eigenvalue weighted by Crippen LogP contribution is -1.99. The van der Waals surface area contributed by atoms with Crippen LogP contribution in [0.1, 0.15) is 17.2 Å². The van der Waals surface area contributed by atoms with Crippen molar-refractivity contribution < 1.29 is 9.84 Å². The van der Waals surface area contributed by atoms with Crippen molar-refractivity contribution in [3.05, 3.63) is 65.7 Å². The number of benzene rings is 2. The van der Waals surface area contributed by atoms with Gasteiger partial charge < -0.3 is 9.84 Å². The number of aliphatic hydroxyl groups excluding tert-OH is 1. The van der Waals surface area contributed by atoms with Crippen molar-refractivity contribution in [3.63, 3.8) is 0 Å². The molecule has 1 N–H and O–H groups in total. The highest BCUT2D eigenvalue weighted by Gasteiger charge is 2.09. The highest BCUT2D eigenvalue weighted by molar-refractivity contribution is 5.35. The Labute approximate surface area is 95.1 Å². The van der Waals surface area contributed by atoms with E-state index in [1.54, 1.807) is 7.11 Å². The quantitative estimate of drug-likeness (QED) is 0.851. The Balaban J connectivity index is 2.30. The minimum Gasteiger partial charge on any atom is -0.497 e. The zero-order chi connectivity index (χ0) is 11.4. The molecule has 0 saturated heterocycles. The standard InChI is InChI=1S/C14H14O2/c1-16-13-9-5-8-12(10-13)14(15)11-6-3-2-4-7-11/h2-10,14-15H,1H3. The molecule has 2 aromatic carbocycles. The number of methoxy groups -OCH3 is 1. The average Bonchev–Trinajstić information content (AvgIpc) is 2.39. The summed E-state index contributed by atoms with van der Waals surface area (Å²) in [4.78, 5) is 0. The van der Waals surface area contributed by atoms with Crippen LogP contribution in [0.2, 0.25) is 0 Å². The topological polar surface area (TPSA) is 29.5 Å². The van der Waals surface area contributed by atoms with Gasteiger partial charge in [0.15, 0.2) is 0 Å². The minimum absolute atomic E-state index is 0.601. The van der Waals surface area contributed by atoms with Crippen LogP contribution in [0.25, 0.3) is 0 Å². The third-order valence-electron chi connectivity index (χ3n) is 2.52. The molecule has 0 aliphatic rings. The molecular formula is C14H14O2. The molecule has 0 radical (unpaired) electrons. The van der Waals surface area contributed by atoms with E-state index < -0.39 is 6.10 Å². The summed E-state index contributed by atoms with van der Waals surface area (Å²) in [5, 5.41) is 10.2. The second-order valence-electron chi connectivity index (χ2n) is 3.59. The summed E-state index contributed by atoms with van der Waals surface area (Å²) in [7, 11) is 1.62. The maximum absolute atomic E-state index is 10.2. The first kappa shape index (κ1) is 10.7. The molecule has 0 heterocycles. The first-order chi connectivity index (χ1) is 7.81. The van der Waals surface area contributed by atoms with Gasteiger partial charge in [-0.3, -0.25) is 0 Å². The molecule has 0 fully saturated rings. The molecule has 0 aliphatic heterocycles. The van der Waals surface area contributed by atoms with Gasteiger partial charge in [-0.2, -0.15) is 0 Å². The van der Waals surface area contributed by atoms with Crippen LogP contribution in [-0.4, -0.2) is 12.2 Å². The Hall–Kier alpha value is -1.80. The van der Waals surface area contributed by atoms with Gasteiger partial charge in [-0.25, -0.2) is 0 Å². The Morgan fingerprint density at radius 1 is 0.938 bits per heavy atom. The predicted molar refractivity (Wildman–Crippen MR) is 63.5 cm³/mol. The Morgan fingerprint density at radius 2 is 1.62 bits per heavy atom. The summed E-state index contributed by atoms with van der Waals surface area (Å²) in [6.07, 6.45) is -0.601. The van der Waals surface area contributed by atoms with Gasteiger partial charge in [0, 0.05) is 0 Å². The van der Waals surface area contributed by atoms with Gasteiger partial charge >= 0.3 is 0 Å². The SMILES string of the molecule is COc1cccc(C(O)c2ccccc2)c1. The van der Waals surface area contributed by atoms with Crippen LogP contribution >= 0.6 is 0 Å². The summed E-state index contributed by atoms with van der Waals surface area (Å²) in [6.45, 7) is 0. The number of rotatable bonds is 3. The van der Waals surface area contributed by atoms with Crippen LogP contribution in [0.3, 0.4) is 0 Å². The average molecular weight is 214 g/mol. The van der Waals surface area contributed by atoms with Crippen LogP contribution in [0.4, 0.5) is 0 Å². The maximum atomic E-state index is 10.2. The molecule has 1 unspecified atom stereocenters. The predicted octanol–water partition coefficient (Wildman–Crippen LogP) is 2.78. The van der Waals surface area contributed by atoms with Crippen LogP contribution < -0.4 is 4.74 Å². The molecule has 0 aliphatic carbocycles. The van der Waals surface area contributed by atoms with Gasteiger partial charge in [0.05, 0.1) is 7.11 Å². The maximum Gasteiger partial charge on any atom is 0.119 e. The molecule has 0 amide bonds. The van der Waals surface area contributed by atoms with Crippen molar-refractivity contribution in [3.8, 4) is 5.75 Å². The fraction of sp³-hybridized carbons (Fsp3) is 0.143. The zero-order valence-electron chi connectivity index (χ0n) is 9.13. The summed E-state index contributed by atoms with van der Waals surface area (Å²) in [5.74, 6) is 0.757. The second kappa shape index (κ2) is 4.81. The molecule has 0 aromatic heterocycles. The Kier molecular flexibility index (Phi) is 3.22. The van der Waals surface area contributed by atoms with Gasteiger partial charge in [-0.05, 0) is 23.3 Å². The third-order valence-corrected chi connectivity index (χ3v) is 2.52. The molecular weight excluding hydrogens is 200 g/mol. The molecule has 0 spiro atoms. The van der Waals surface area contributed by atoms with Crippen molar-refractivity contribution in [2.45, 2.75) is 6.10 Å². The molecule has 1 atom stereocenters. The van der Waals surface area contributed by atoms with Crippen LogP contribution in [0, 0.1) is 0 Å². The molecule has 2 rings (SSSR count). The fourth-order valence-electron chi connectivity index (χ4n) is 1.64. The van der Waals surface area contributed by atoms with Gasteiger partial charge in [-0.15, -0.1) is 0 Å². The summed E-state index contributed by atoms with van der Waals surface area (Å²) >= 11 is 0. The lowest BCUT2D eigenvalue weighted by molar-refractivity contribution is 0.220. The van der Waals surface area contributed by atoms with E-state index >= 15 is 0 Å². The van der Waals surface area contributed by atoms with Gasteiger partial charge in [0.1, 0.15) is 11.9 Å². The Morgan fingerprint density at radius 3 is 2.31 bits per heavy atom. The van der Waals surface area contributed by atoms with E-state index in [0.29, 0.717) is 0 Å². The summed E-state index contributed by atoms with van der Waals surface area (Å²) in [5.41, 5.74) is 1.72. The van der Waals surface area contributed by atoms with Crippen LogP contribution in [-0.2, 0) is 0 Å². The number of aliphatic hydroxyl groups is 1. The monoisotopic (exact) mass is 214 g/mol. The molecule has 82 valence electrons. The smallest absolute Gasteiger partial charge is 0.119 e. The number of hydrogen-bond acceptors (Lipinski definition) is 2.